The van der Waals surface area contributed by atoms with Gasteiger partial charge in [0.15, 0.2) is 5.96 Å². The maximum atomic E-state index is 12.1. The van der Waals surface area contributed by atoms with Crippen molar-refractivity contribution in [3.8, 4) is 0 Å². The predicted molar refractivity (Wildman–Crippen MR) is 129 cm³/mol. The van der Waals surface area contributed by atoms with Gasteiger partial charge in [-0.25, -0.2) is 0 Å². The van der Waals surface area contributed by atoms with Crippen molar-refractivity contribution in [2.24, 2.45) is 4.99 Å². The third kappa shape index (κ3) is 8.04. The van der Waals surface area contributed by atoms with Crippen LogP contribution >= 0.6 is 24.0 Å². The molecular weight excluding hydrogens is 479 g/mol. The third-order valence-corrected chi connectivity index (χ3v) is 4.45. The van der Waals surface area contributed by atoms with Gasteiger partial charge in [0.25, 0.3) is 5.91 Å². The molecule has 29 heavy (non-hydrogen) atoms. The zero-order valence-corrected chi connectivity index (χ0v) is 20.4. The van der Waals surface area contributed by atoms with E-state index in [1.54, 1.807) is 26.0 Å². The van der Waals surface area contributed by atoms with E-state index in [1.165, 1.54) is 5.69 Å². The van der Waals surface area contributed by atoms with E-state index in [0.29, 0.717) is 5.56 Å². The van der Waals surface area contributed by atoms with E-state index >= 15 is 0 Å². The molecular formula is C21H33IN6O. The van der Waals surface area contributed by atoms with Crippen LogP contribution in [-0.4, -0.2) is 60.8 Å². The van der Waals surface area contributed by atoms with E-state index in [0.717, 1.165) is 49.7 Å². The SMILES string of the molecule is CN=C(NCCCn1nc(C)cc1C)NCCc1cccc(C(=O)N(C)C)c1.I. The fourth-order valence-corrected chi connectivity index (χ4v) is 3.00. The molecule has 0 unspecified atom stereocenters. The average Bonchev–Trinajstić information content (AvgIpc) is 3.00. The molecule has 1 aromatic heterocycles. The number of hydrogen-bond donors (Lipinski definition) is 2. The quantitative estimate of drug-likeness (QED) is 0.247. The molecule has 2 aromatic rings. The standard InChI is InChI=1S/C21H32N6O.HI/c1-16-14-17(2)27(25-16)13-7-11-23-21(22-3)24-12-10-18-8-6-9-19(15-18)20(28)26(4)5;/h6,8-9,14-15H,7,10-13H2,1-5H3,(H2,22,23,24);1H. The van der Waals surface area contributed by atoms with Crippen molar-refractivity contribution in [1.82, 2.24) is 25.3 Å². The Labute approximate surface area is 191 Å². The second kappa shape index (κ2) is 12.5. The Hall–Kier alpha value is -2.10. The Bertz CT molecular complexity index is 815. The van der Waals surface area contributed by atoms with Crippen LogP contribution < -0.4 is 10.6 Å². The highest BCUT2D eigenvalue weighted by Crippen LogP contribution is 2.07. The number of benzene rings is 1. The zero-order chi connectivity index (χ0) is 20.5. The molecule has 1 amide bonds. The number of halogens is 1. The van der Waals surface area contributed by atoms with Crippen molar-refractivity contribution in [3.05, 3.63) is 52.8 Å². The molecule has 1 heterocycles. The summed E-state index contributed by atoms with van der Waals surface area (Å²) < 4.78 is 2.04. The Morgan fingerprint density at radius 1 is 1.17 bits per heavy atom. The molecule has 160 valence electrons. The van der Waals surface area contributed by atoms with E-state index in [-0.39, 0.29) is 29.9 Å². The van der Waals surface area contributed by atoms with Gasteiger partial charge in [-0.15, -0.1) is 24.0 Å². The molecule has 0 aliphatic heterocycles. The van der Waals surface area contributed by atoms with Gasteiger partial charge in [-0.1, -0.05) is 12.1 Å². The molecule has 8 heteroatoms. The molecule has 2 N–H and O–H groups in total. The third-order valence-electron chi connectivity index (χ3n) is 4.45. The van der Waals surface area contributed by atoms with Crippen LogP contribution in [-0.2, 0) is 13.0 Å². The lowest BCUT2D eigenvalue weighted by molar-refractivity contribution is 0.0827. The summed E-state index contributed by atoms with van der Waals surface area (Å²) in [4.78, 5) is 17.9. The van der Waals surface area contributed by atoms with Gasteiger partial charge in [-0.05, 0) is 50.5 Å². The minimum Gasteiger partial charge on any atom is -0.356 e. The second-order valence-electron chi connectivity index (χ2n) is 7.08. The summed E-state index contributed by atoms with van der Waals surface area (Å²) in [5.74, 6) is 0.809. The molecule has 0 aliphatic rings. The molecule has 0 saturated carbocycles. The minimum atomic E-state index is 0. The van der Waals surface area contributed by atoms with Gasteiger partial charge in [-0.2, -0.15) is 5.10 Å². The van der Waals surface area contributed by atoms with E-state index in [4.69, 9.17) is 0 Å². The van der Waals surface area contributed by atoms with Gasteiger partial charge in [0.2, 0.25) is 0 Å². The number of nitrogens with zero attached hydrogens (tertiary/aromatic N) is 4. The Balaban J connectivity index is 0.00000420. The summed E-state index contributed by atoms with van der Waals surface area (Å²) in [6.07, 6.45) is 1.79. The Morgan fingerprint density at radius 3 is 2.52 bits per heavy atom. The summed E-state index contributed by atoms with van der Waals surface area (Å²) >= 11 is 0. The molecule has 1 aromatic carbocycles. The zero-order valence-electron chi connectivity index (χ0n) is 18.0. The van der Waals surface area contributed by atoms with Crippen molar-refractivity contribution < 1.29 is 4.79 Å². The minimum absolute atomic E-state index is 0. The largest absolute Gasteiger partial charge is 0.356 e. The number of carbonyl (C=O) groups excluding carboxylic acids is 1. The topological polar surface area (TPSA) is 74.5 Å². The summed E-state index contributed by atoms with van der Waals surface area (Å²) in [6.45, 7) is 6.55. The van der Waals surface area contributed by atoms with E-state index in [1.807, 2.05) is 35.9 Å². The molecule has 0 fully saturated rings. The molecule has 2 rings (SSSR count). The molecule has 0 atom stereocenters. The van der Waals surface area contributed by atoms with Crippen LogP contribution in [0.1, 0.15) is 33.7 Å². The smallest absolute Gasteiger partial charge is 0.253 e. The van der Waals surface area contributed by atoms with Gasteiger partial charge in [0, 0.05) is 52.0 Å². The van der Waals surface area contributed by atoms with E-state index in [2.05, 4.69) is 33.7 Å². The van der Waals surface area contributed by atoms with Crippen molar-refractivity contribution in [3.63, 3.8) is 0 Å². The maximum Gasteiger partial charge on any atom is 0.253 e. The highest BCUT2D eigenvalue weighted by molar-refractivity contribution is 14.0. The normalized spacial score (nSPS) is 11.0. The van der Waals surface area contributed by atoms with Crippen LogP contribution in [0.2, 0.25) is 0 Å². The summed E-state index contributed by atoms with van der Waals surface area (Å²) in [6, 6.07) is 9.86. The van der Waals surface area contributed by atoms with Crippen LogP contribution in [0.4, 0.5) is 0 Å². The van der Waals surface area contributed by atoms with Crippen LogP contribution in [0.5, 0.6) is 0 Å². The maximum absolute atomic E-state index is 12.1. The number of rotatable bonds is 8. The second-order valence-corrected chi connectivity index (χ2v) is 7.08. The van der Waals surface area contributed by atoms with Gasteiger partial charge < -0.3 is 15.5 Å². The first-order valence-electron chi connectivity index (χ1n) is 9.67. The van der Waals surface area contributed by atoms with Crippen molar-refractivity contribution in [2.45, 2.75) is 33.2 Å². The number of aromatic nitrogens is 2. The number of carbonyl (C=O) groups is 1. The number of nitrogens with one attached hydrogen (secondary N) is 2. The van der Waals surface area contributed by atoms with Crippen molar-refractivity contribution >= 4 is 35.8 Å². The highest BCUT2D eigenvalue weighted by Gasteiger charge is 2.08. The van der Waals surface area contributed by atoms with E-state index < -0.39 is 0 Å². The first-order valence-corrected chi connectivity index (χ1v) is 9.67. The highest BCUT2D eigenvalue weighted by atomic mass is 127. The number of guanidine groups is 1. The first kappa shape index (κ1) is 24.9. The lowest BCUT2D eigenvalue weighted by Gasteiger charge is -2.13. The van der Waals surface area contributed by atoms with Gasteiger partial charge in [-0.3, -0.25) is 14.5 Å². The fraction of sp³-hybridized carbons (Fsp3) is 0.476. The predicted octanol–water partition coefficient (Wildman–Crippen LogP) is 2.62. The number of hydrogen-bond acceptors (Lipinski definition) is 3. The van der Waals surface area contributed by atoms with Gasteiger partial charge in [0.05, 0.1) is 5.69 Å². The average molecular weight is 512 g/mol. The van der Waals surface area contributed by atoms with Crippen LogP contribution in [0, 0.1) is 13.8 Å². The first-order chi connectivity index (χ1) is 13.4. The Kier molecular flexibility index (Phi) is 10.7. The van der Waals surface area contributed by atoms with Crippen LogP contribution in [0.25, 0.3) is 0 Å². The number of aliphatic imine (C=N–C) groups is 1. The van der Waals surface area contributed by atoms with Crippen LogP contribution in [0.15, 0.2) is 35.3 Å². The van der Waals surface area contributed by atoms with Crippen LogP contribution in [0.3, 0.4) is 0 Å². The Morgan fingerprint density at radius 2 is 1.90 bits per heavy atom. The number of aryl methyl sites for hydroxylation is 3. The molecule has 0 saturated heterocycles. The summed E-state index contributed by atoms with van der Waals surface area (Å²) in [5.41, 5.74) is 4.09. The molecule has 0 bridgehead atoms. The molecule has 7 nitrogen and oxygen atoms in total. The molecule has 0 radical (unpaired) electrons. The number of amides is 1. The lowest BCUT2D eigenvalue weighted by atomic mass is 10.1. The van der Waals surface area contributed by atoms with Gasteiger partial charge >= 0.3 is 0 Å². The van der Waals surface area contributed by atoms with Gasteiger partial charge in [0.1, 0.15) is 0 Å². The summed E-state index contributed by atoms with van der Waals surface area (Å²) in [7, 11) is 5.30. The van der Waals surface area contributed by atoms with Crippen molar-refractivity contribution in [2.75, 3.05) is 34.2 Å². The summed E-state index contributed by atoms with van der Waals surface area (Å²) in [5, 5.41) is 11.1. The molecule has 0 aliphatic carbocycles. The van der Waals surface area contributed by atoms with E-state index in [9.17, 15) is 4.79 Å². The monoisotopic (exact) mass is 512 g/mol. The molecule has 0 spiro atoms. The fourth-order valence-electron chi connectivity index (χ4n) is 3.00. The van der Waals surface area contributed by atoms with Crippen molar-refractivity contribution in [1.29, 1.82) is 0 Å². The lowest BCUT2D eigenvalue weighted by Crippen LogP contribution is -2.39.